The maximum Gasteiger partial charge on any atom is 0.116 e. The van der Waals surface area contributed by atoms with Gasteiger partial charge >= 0.3 is 0 Å². The first-order valence-corrected chi connectivity index (χ1v) is 51.8. The molecule has 18 aromatic carbocycles. The molecule has 0 aliphatic heterocycles. The third-order valence-corrected chi connectivity index (χ3v) is 33.9. The molecule has 7 aromatic heterocycles. The van der Waals surface area contributed by atoms with Gasteiger partial charge in [-0.2, -0.15) is 0 Å². The van der Waals surface area contributed by atoms with Gasteiger partial charge in [0.1, 0.15) is 5.52 Å². The number of hydrogen-bond donors (Lipinski definition) is 0. The second kappa shape index (κ2) is 33.1. The van der Waals surface area contributed by atoms with Crippen molar-refractivity contribution in [3.05, 3.63) is 445 Å². The molecule has 0 spiro atoms. The first-order chi connectivity index (χ1) is 70.9. The second-order valence-corrected chi connectivity index (χ2v) is 41.5. The lowest BCUT2D eigenvalue weighted by molar-refractivity contribution is 0.720. The van der Waals surface area contributed by atoms with Gasteiger partial charge < -0.3 is 4.57 Å². The number of aromatic nitrogens is 8. The van der Waals surface area contributed by atoms with Gasteiger partial charge in [-0.1, -0.05) is 346 Å². The average Bonchev–Trinajstić information content (AvgIpc) is 1.54. The van der Waals surface area contributed by atoms with Crippen molar-refractivity contribution in [1.82, 2.24) is 39.5 Å². The van der Waals surface area contributed by atoms with E-state index >= 15 is 0 Å². The van der Waals surface area contributed by atoms with E-state index in [0.29, 0.717) is 47.3 Å². The average molecular weight is 1830 g/mol. The zero-order chi connectivity index (χ0) is 93.6. The third-order valence-electron chi connectivity index (χ3n) is 33.9. The molecule has 7 heterocycles. The number of fused-ring (bicyclic) bond motifs is 43. The smallest absolute Gasteiger partial charge is 0.116 e. The van der Waals surface area contributed by atoms with Crippen molar-refractivity contribution in [2.75, 3.05) is 0 Å². The van der Waals surface area contributed by atoms with Crippen molar-refractivity contribution in [1.29, 1.82) is 0 Å². The van der Waals surface area contributed by atoms with Crippen LogP contribution in [0.5, 0.6) is 0 Å². The Morgan fingerprint density at radius 2 is 0.538 bits per heavy atom. The van der Waals surface area contributed by atoms with Crippen molar-refractivity contribution in [3.8, 4) is 84.2 Å². The molecule has 0 amide bonds. The molecular weight excluding hydrogens is 1730 g/mol. The van der Waals surface area contributed by atoms with Crippen molar-refractivity contribution in [2.24, 2.45) is 0 Å². The van der Waals surface area contributed by atoms with Gasteiger partial charge in [-0.15, -0.1) is 0 Å². The van der Waals surface area contributed by atoms with E-state index in [1.165, 1.54) is 253 Å². The largest absolute Gasteiger partial charge is 0.309 e. The molecule has 678 valence electrons. The SMILES string of the molecule is c1ccc(-c2ccc3c(c2)c2ccc(-c4nc5c(ccc6ccccc65)c5c4C4CCC5C4)cc2n3-c2ccccc2)cc1.c1ccc(-c2ccc3ccc4c5c(c(-c6ccccc6)nc4c3n2)C2CCC5C2)cc1.c1ccc(-c2nc3c(ccc4c(-c5ccccc5)c5ccccc5cc43)c3c2C2CCC3C2)cc1.c1ccc(-c2nc3c(ccc4nc5c(ccc6ccccc65)nc43)c3c2C2CCC3C2)cc1. The molecule has 4 fully saturated rings. The maximum atomic E-state index is 5.57. The summed E-state index contributed by atoms with van der Waals surface area (Å²) in [5.74, 6) is 5.21. The van der Waals surface area contributed by atoms with Crippen LogP contribution < -0.4 is 0 Å². The Labute approximate surface area is 828 Å². The van der Waals surface area contributed by atoms with Crippen LogP contribution in [0.2, 0.25) is 0 Å². The summed E-state index contributed by atoms with van der Waals surface area (Å²) in [6.45, 7) is 0. The lowest BCUT2D eigenvalue weighted by Crippen LogP contribution is -2.05. The van der Waals surface area contributed by atoms with E-state index in [-0.39, 0.29) is 0 Å². The van der Waals surface area contributed by atoms with Crippen molar-refractivity contribution < 1.29 is 0 Å². The summed E-state index contributed by atoms with van der Waals surface area (Å²) in [5, 5.41) is 19.0. The highest BCUT2D eigenvalue weighted by molar-refractivity contribution is 6.21. The Kier molecular flexibility index (Phi) is 19.0. The fourth-order valence-electron chi connectivity index (χ4n) is 27.8. The highest BCUT2D eigenvalue weighted by Crippen LogP contribution is 2.63. The van der Waals surface area contributed by atoms with Crippen LogP contribution in [0.3, 0.4) is 0 Å². The van der Waals surface area contributed by atoms with Crippen LogP contribution >= 0.6 is 0 Å². The predicted molar refractivity (Wildman–Crippen MR) is 593 cm³/mol. The van der Waals surface area contributed by atoms with E-state index in [1.807, 2.05) is 6.07 Å². The van der Waals surface area contributed by atoms with Gasteiger partial charge in [0.15, 0.2) is 0 Å². The molecule has 8 aliphatic carbocycles. The van der Waals surface area contributed by atoms with Crippen LogP contribution in [0.4, 0.5) is 0 Å². The number of nitrogens with zero attached hydrogens (tertiary/aromatic N) is 8. The molecule has 0 radical (unpaired) electrons. The van der Waals surface area contributed by atoms with Crippen LogP contribution in [-0.4, -0.2) is 39.5 Å². The number of pyridine rings is 5. The van der Waals surface area contributed by atoms with Gasteiger partial charge in [-0.3, -0.25) is 0 Å². The van der Waals surface area contributed by atoms with Gasteiger partial charge in [0.2, 0.25) is 0 Å². The lowest BCUT2D eigenvalue weighted by Gasteiger charge is -2.22. The molecular formula is C135H98N8. The van der Waals surface area contributed by atoms with Crippen LogP contribution in [0.15, 0.2) is 400 Å². The monoisotopic (exact) mass is 1830 g/mol. The molecule has 0 saturated heterocycles. The van der Waals surface area contributed by atoms with E-state index in [0.717, 1.165) is 77.4 Å². The normalized spacial score (nSPS) is 18.4. The molecule has 0 N–H and O–H groups in total. The minimum Gasteiger partial charge on any atom is -0.309 e. The highest BCUT2D eigenvalue weighted by atomic mass is 15.0. The van der Waals surface area contributed by atoms with Gasteiger partial charge in [0.05, 0.1) is 83.6 Å². The van der Waals surface area contributed by atoms with E-state index in [2.05, 4.69) is 399 Å². The molecule has 143 heavy (non-hydrogen) atoms. The molecule has 25 aromatic rings. The molecule has 8 aliphatic rings. The van der Waals surface area contributed by atoms with E-state index in [4.69, 9.17) is 34.9 Å². The number of hydrogen-bond acceptors (Lipinski definition) is 7. The summed E-state index contributed by atoms with van der Waals surface area (Å²) in [7, 11) is 0. The second-order valence-electron chi connectivity index (χ2n) is 41.5. The summed E-state index contributed by atoms with van der Waals surface area (Å²) in [4.78, 5) is 37.1. The third kappa shape index (κ3) is 13.2. The topological polar surface area (TPSA) is 95.2 Å². The van der Waals surface area contributed by atoms with Crippen LogP contribution in [0.1, 0.15) is 169 Å². The Morgan fingerprint density at radius 1 is 0.175 bits per heavy atom. The molecule has 8 unspecified atom stereocenters. The molecule has 8 nitrogen and oxygen atoms in total. The highest BCUT2D eigenvalue weighted by Gasteiger charge is 2.46. The molecule has 4 saturated carbocycles. The number of benzene rings is 18. The van der Waals surface area contributed by atoms with Gasteiger partial charge in [-0.05, 0) is 273 Å². The van der Waals surface area contributed by atoms with Crippen LogP contribution in [0.25, 0.3) is 226 Å². The molecule has 8 atom stereocenters. The summed E-state index contributed by atoms with van der Waals surface area (Å²) < 4.78 is 2.44. The minimum atomic E-state index is 0.609. The van der Waals surface area contributed by atoms with E-state index in [1.54, 1.807) is 16.7 Å². The summed E-state index contributed by atoms with van der Waals surface area (Å²) in [6, 6.07) is 144. The fourth-order valence-corrected chi connectivity index (χ4v) is 27.8. The van der Waals surface area contributed by atoms with Crippen LogP contribution in [0, 0.1) is 0 Å². The Morgan fingerprint density at radius 3 is 1.08 bits per heavy atom. The number of rotatable bonds is 8. The van der Waals surface area contributed by atoms with Crippen molar-refractivity contribution in [2.45, 2.75) is 124 Å². The van der Waals surface area contributed by atoms with Gasteiger partial charge in [0.25, 0.3) is 0 Å². The standard InChI is InChI=1S/C42H30N2.C34H25N.C30H21N3.C29H22N2/c1-3-9-26(10-4-1)28-19-22-37-36(24-28)34-20-18-31(25-38(34)44(37)32-12-5-2-6-13-32)41-40-30-16-15-29(23-30)39(40)35-21-17-27-11-7-8-14-33(27)42(35)43-41;1-3-9-21(10-4-1)30-26-14-8-7-13-23(26)20-29-27(30)17-18-28-31-24-15-16-25(19-24)32(31)33(35-34(28)29)22-11-5-2-6-12-22;1-2-7-18(8-3-1)27-26-20-11-10-19(16-20)25(26)22-13-15-24-30(29(22)33-27)32-23-14-12-17-6-4-5-9-21(17)28(23)31-24;1-3-7-18(8-4-1)24-16-14-20-13-15-23-25-21-11-12-22(17-21)26(25)27(19-9-5-2-6-10-19)31-29(23)28(20)30-24/h1-14,17-22,24-25,29-30H,15-16,23H2;1-14,17-18,20,24-25H,15-16,19H2;1-9,12-15,19-20H,10-11,16H2;1-10,13-16,21-22H,11-12,17H2. The molecule has 8 bridgehead atoms. The summed E-state index contributed by atoms with van der Waals surface area (Å²) in [6.07, 6.45) is 15.5. The summed E-state index contributed by atoms with van der Waals surface area (Å²) >= 11 is 0. The van der Waals surface area contributed by atoms with Crippen molar-refractivity contribution in [3.63, 3.8) is 0 Å². The quantitative estimate of drug-likeness (QED) is 0.110. The van der Waals surface area contributed by atoms with E-state index < -0.39 is 0 Å². The predicted octanol–water partition coefficient (Wildman–Crippen LogP) is 35.4. The Bertz CT molecular complexity index is 9590. The van der Waals surface area contributed by atoms with Gasteiger partial charge in [-0.25, -0.2) is 34.9 Å². The number of para-hydroxylation sites is 1. The first-order valence-electron chi connectivity index (χ1n) is 51.8. The minimum absolute atomic E-state index is 0.609. The molecule has 33 rings (SSSR count). The first kappa shape index (κ1) is 82.4. The zero-order valence-corrected chi connectivity index (χ0v) is 79.3. The maximum absolute atomic E-state index is 5.57. The van der Waals surface area contributed by atoms with Crippen LogP contribution in [-0.2, 0) is 0 Å². The Balaban J connectivity index is 0.0000000898. The Hall–Kier alpha value is -16.6. The molecule has 8 heteroatoms. The van der Waals surface area contributed by atoms with Crippen molar-refractivity contribution >= 4 is 141 Å². The van der Waals surface area contributed by atoms with E-state index in [9.17, 15) is 0 Å². The fraction of sp³-hybridized carbons (Fsp3) is 0.148. The zero-order valence-electron chi connectivity index (χ0n) is 79.3. The lowest BCUT2D eigenvalue weighted by atomic mass is 9.84. The summed E-state index contributed by atoms with van der Waals surface area (Å²) in [5.41, 5.74) is 41.9. The van der Waals surface area contributed by atoms with Gasteiger partial charge in [0, 0.05) is 87.4 Å².